The fourth-order valence-electron chi connectivity index (χ4n) is 16.1. The highest BCUT2D eigenvalue weighted by molar-refractivity contribution is 5.75. The van der Waals surface area contributed by atoms with Gasteiger partial charge in [-0.15, -0.1) is 0 Å². The van der Waals surface area contributed by atoms with Crippen LogP contribution >= 0.6 is 0 Å². The van der Waals surface area contributed by atoms with Gasteiger partial charge in [-0.2, -0.15) is 0 Å². The van der Waals surface area contributed by atoms with Crippen LogP contribution in [0.2, 0.25) is 0 Å². The van der Waals surface area contributed by atoms with Crippen molar-refractivity contribution in [3.63, 3.8) is 0 Å². The molecule has 0 spiro atoms. The maximum absolute atomic E-state index is 9.41. The molecule has 16 heteroatoms. The first-order valence-corrected chi connectivity index (χ1v) is 40.0. The minimum Gasteiger partial charge on any atom is -0.462 e. The molecule has 10 heterocycles. The van der Waals surface area contributed by atoms with E-state index in [0.717, 1.165) is 98.6 Å². The van der Waals surface area contributed by atoms with Gasteiger partial charge in [0.2, 0.25) is 0 Å². The van der Waals surface area contributed by atoms with Crippen LogP contribution in [0.3, 0.4) is 0 Å². The molecule has 0 atom stereocenters. The van der Waals surface area contributed by atoms with Crippen LogP contribution in [0.1, 0.15) is 198 Å². The van der Waals surface area contributed by atoms with E-state index in [-0.39, 0.29) is 49.9 Å². The first-order chi connectivity index (χ1) is 55.2. The summed E-state index contributed by atoms with van der Waals surface area (Å²) in [7, 11) is 4.00. The molecule has 16 nitrogen and oxygen atoms in total. The fraction of sp³-hybridized carbons (Fsp3) is 0.360. The van der Waals surface area contributed by atoms with Crippen molar-refractivity contribution in [2.45, 2.75) is 176 Å². The molecule has 0 aliphatic carbocycles. The van der Waals surface area contributed by atoms with Crippen LogP contribution in [0, 0.1) is 77.0 Å². The van der Waals surface area contributed by atoms with Crippen molar-refractivity contribution in [2.75, 3.05) is 73.0 Å². The molecule has 588 valence electrons. The predicted molar refractivity (Wildman–Crippen MR) is 467 cm³/mol. The maximum Gasteiger partial charge on any atom is 0.269 e. The van der Waals surface area contributed by atoms with Crippen molar-refractivity contribution in [1.29, 1.82) is 21.0 Å². The lowest BCUT2D eigenvalue weighted by molar-refractivity contribution is 0.223. The molecule has 0 N–H and O–H groups in total. The fourth-order valence-corrected chi connectivity index (χ4v) is 16.1. The second kappa shape index (κ2) is 35.2. The van der Waals surface area contributed by atoms with Crippen LogP contribution in [0.15, 0.2) is 225 Å². The Hall–Kier alpha value is -13.0. The van der Waals surface area contributed by atoms with E-state index in [0.29, 0.717) is 63.3 Å². The Balaban J connectivity index is 0.000000154. The number of hydrogen-bond donors (Lipinski definition) is 0. The third kappa shape index (κ3) is 19.3. The van der Waals surface area contributed by atoms with Crippen molar-refractivity contribution >= 4 is 47.1 Å². The van der Waals surface area contributed by atoms with Gasteiger partial charge in [-0.25, -0.2) is 40.4 Å². The molecule has 0 saturated carbocycles. The molecule has 4 aromatic rings. The Kier molecular flexibility index (Phi) is 25.5. The summed E-state index contributed by atoms with van der Waals surface area (Å²) in [5.41, 5.74) is 21.7. The zero-order valence-electron chi connectivity index (χ0n) is 70.1. The standard InChI is InChI=1S/C30H35N3O.C28H31N3O.C23H21N3O.C19H17N3O/c1-28(2,3)26-18-21(25(19-31)32-8)17-22(34-26)10-9-20-15-23-27-24(16-20)30(6,7)12-14-33(27)13-11-29(23,4)5;1-7-21-16-20(25(18-29)30-6)17-22(32-21)9-8-19-14-23-26-24(15-19)28(4,5)11-13-31(26)12-10-27(23,2)3;1-16-11-20(22(15-24)25-2)14-21(27-16)8-7-17-12-18-5-3-9-26-10-4-6-19(13-17)23(18)26;1-14-11-16(19(13-20)21-2)12-18(23-14)10-7-15-5-8-17(9-6-15)22(3)4/h9-10,15-18H,11-14H2,1-7H3;8-9,14-17H,7,10-13H2,1-5H3;7-8,11-14H,3-6,9-10H2,1H3;5-12H,1,3-4H3/b10-9+,25-21-;9-8+,25-20+;8-7+,22-20+;10-7+,19-16+. The average molecular weight is 1540 g/mol. The summed E-state index contributed by atoms with van der Waals surface area (Å²) in [6.45, 7) is 66.4. The van der Waals surface area contributed by atoms with E-state index >= 15 is 0 Å². The molecular formula is C100H104N12O4. The summed E-state index contributed by atoms with van der Waals surface area (Å²) in [5, 5.41) is 36.8. The predicted octanol–water partition coefficient (Wildman–Crippen LogP) is 23.4. The summed E-state index contributed by atoms with van der Waals surface area (Å²) in [4.78, 5) is 23.0. The lowest BCUT2D eigenvalue weighted by Crippen LogP contribution is -2.44. The van der Waals surface area contributed by atoms with Gasteiger partial charge in [0.15, 0.2) is 0 Å². The molecule has 0 bridgehead atoms. The van der Waals surface area contributed by atoms with E-state index in [9.17, 15) is 10.5 Å². The first kappa shape index (κ1) is 84.0. The van der Waals surface area contributed by atoms with Crippen molar-refractivity contribution in [2.24, 2.45) is 5.41 Å². The Labute approximate surface area is 688 Å². The first-order valence-electron chi connectivity index (χ1n) is 40.0. The molecule has 0 aromatic heterocycles. The summed E-state index contributed by atoms with van der Waals surface area (Å²) >= 11 is 0. The van der Waals surface area contributed by atoms with E-state index < -0.39 is 0 Å². The minimum absolute atomic E-state index is 0.0638. The number of benzene rings is 4. The molecule has 0 radical (unpaired) electrons. The monoisotopic (exact) mass is 1540 g/mol. The van der Waals surface area contributed by atoms with Crippen LogP contribution in [0.5, 0.6) is 0 Å². The van der Waals surface area contributed by atoms with Gasteiger partial charge in [-0.05, 0) is 286 Å². The molecule has 4 aromatic carbocycles. The van der Waals surface area contributed by atoms with E-state index in [1.807, 2.05) is 118 Å². The van der Waals surface area contributed by atoms with Gasteiger partial charge in [0.1, 0.15) is 46.1 Å². The van der Waals surface area contributed by atoms with Gasteiger partial charge in [-0.3, -0.25) is 0 Å². The number of ether oxygens (including phenoxy) is 4. The number of anilines is 4. The average Bonchev–Trinajstić information content (AvgIpc) is 0.733. The third-order valence-corrected chi connectivity index (χ3v) is 23.0. The lowest BCUT2D eigenvalue weighted by atomic mass is 9.69. The second-order valence-corrected chi connectivity index (χ2v) is 34.6. The highest BCUT2D eigenvalue weighted by Crippen LogP contribution is 2.52. The SMILES string of the molecule is [C-]#[N+]/C(C#N)=C1C=C(/C=C/c2cc3c4c(c2)C(C)(C)CCN4CCC3(C)C)OC(C(C)(C)C)=C/1.[C-]#[N+]/C(C#N)=C1C=C(/C=C/c2cc3c4c(c2)C(C)(C)CCN4CCC3(C)C)OC(CC)=C/1.[C-]#[N+]/C(C#N)=C1\C=C(C)OC(/C=C/c2cc3c4c(c2)CCCN4CCC3)=C1.[C-]#[N+]/C(C#N)=C1\C=C(C)OC(/C=C/c2ccc(N(C)C)cc2)=C1. The van der Waals surface area contributed by atoms with Gasteiger partial charge in [0, 0.05) is 87.9 Å². The Morgan fingerprint density at radius 3 is 1.10 bits per heavy atom. The molecule has 0 fully saturated rings. The van der Waals surface area contributed by atoms with Gasteiger partial charge >= 0.3 is 0 Å². The molecule has 0 unspecified atom stereocenters. The topological polar surface area (TPSA) is 162 Å². The number of rotatable bonds is 10. The van der Waals surface area contributed by atoms with Crippen molar-refractivity contribution in [1.82, 2.24) is 0 Å². The van der Waals surface area contributed by atoms with Crippen molar-refractivity contribution in [3.05, 3.63) is 326 Å². The molecule has 10 aliphatic heterocycles. The number of nitrogens with zero attached hydrogens (tertiary/aromatic N) is 12. The smallest absolute Gasteiger partial charge is 0.269 e. The molecular weight excluding hydrogens is 1430 g/mol. The third-order valence-electron chi connectivity index (χ3n) is 23.0. The van der Waals surface area contributed by atoms with E-state index in [2.05, 4.69) is 165 Å². The van der Waals surface area contributed by atoms with Crippen molar-refractivity contribution < 1.29 is 18.9 Å². The largest absolute Gasteiger partial charge is 0.462 e. The zero-order valence-corrected chi connectivity index (χ0v) is 70.1. The normalized spacial score (nSPS) is 20.4. The zero-order chi connectivity index (χ0) is 83.6. The highest BCUT2D eigenvalue weighted by Gasteiger charge is 2.42. The Morgan fingerprint density at radius 2 is 0.759 bits per heavy atom. The molecule has 10 aliphatic rings. The highest BCUT2D eigenvalue weighted by atomic mass is 16.5. The van der Waals surface area contributed by atoms with Crippen LogP contribution in [-0.2, 0) is 53.4 Å². The lowest BCUT2D eigenvalue weighted by Gasteiger charge is -2.48. The van der Waals surface area contributed by atoms with Crippen molar-refractivity contribution in [3.8, 4) is 24.3 Å². The molecule has 116 heavy (non-hydrogen) atoms. The summed E-state index contributed by atoms with van der Waals surface area (Å²) in [6, 6.07) is 29.9. The number of hydrogen-bond acceptors (Lipinski definition) is 12. The van der Waals surface area contributed by atoms with Crippen LogP contribution in [-0.4, -0.2) is 53.4 Å². The Morgan fingerprint density at radius 1 is 0.431 bits per heavy atom. The van der Waals surface area contributed by atoms with Gasteiger partial charge in [0.05, 0.1) is 50.6 Å². The van der Waals surface area contributed by atoms with Crippen LogP contribution in [0.25, 0.3) is 43.7 Å². The molecule has 0 saturated heterocycles. The van der Waals surface area contributed by atoms with Crippen LogP contribution < -0.4 is 19.6 Å². The number of nitriles is 4. The number of aryl methyl sites for hydroxylation is 2. The second-order valence-electron chi connectivity index (χ2n) is 34.6. The number of allylic oxidation sites excluding steroid dienone is 24. The van der Waals surface area contributed by atoms with Gasteiger partial charge in [-0.1, -0.05) is 120 Å². The van der Waals surface area contributed by atoms with E-state index in [4.69, 9.17) is 55.8 Å². The van der Waals surface area contributed by atoms with E-state index in [1.165, 1.54) is 81.9 Å². The summed E-state index contributed by atoms with van der Waals surface area (Å²) in [6.07, 6.45) is 40.0. The summed E-state index contributed by atoms with van der Waals surface area (Å²) < 4.78 is 23.6. The molecule has 14 rings (SSSR count). The van der Waals surface area contributed by atoms with Gasteiger partial charge < -0.3 is 38.5 Å². The van der Waals surface area contributed by atoms with E-state index in [1.54, 1.807) is 49.5 Å². The quantitative estimate of drug-likeness (QED) is 0.109. The molecule has 0 amide bonds. The van der Waals surface area contributed by atoms with Gasteiger partial charge in [0.25, 0.3) is 22.8 Å². The minimum atomic E-state index is -0.241. The summed E-state index contributed by atoms with van der Waals surface area (Å²) in [5.74, 6) is 5.40. The van der Waals surface area contributed by atoms with Crippen LogP contribution in [0.4, 0.5) is 22.7 Å². The maximum atomic E-state index is 9.41. The Bertz CT molecular complexity index is 5370.